The molecule has 1 saturated heterocycles. The summed E-state index contributed by atoms with van der Waals surface area (Å²) in [5.74, 6) is 0.178. The minimum Gasteiger partial charge on any atom is -0.341 e. The number of nitrogens with one attached hydrogen (secondary N) is 2. The van der Waals surface area contributed by atoms with Gasteiger partial charge in [-0.15, -0.1) is 0 Å². The lowest BCUT2D eigenvalue weighted by Gasteiger charge is -2.16. The first kappa shape index (κ1) is 12.9. The van der Waals surface area contributed by atoms with Crippen LogP contribution in [0.4, 0.5) is 4.79 Å². The summed E-state index contributed by atoms with van der Waals surface area (Å²) in [6, 6.07) is -0.306. The molecule has 2 atom stereocenters. The second-order valence-corrected chi connectivity index (χ2v) is 4.27. The minimum atomic E-state index is -0.465. The van der Waals surface area contributed by atoms with E-state index < -0.39 is 6.03 Å². The van der Waals surface area contributed by atoms with Crippen LogP contribution in [0.1, 0.15) is 13.3 Å². The van der Waals surface area contributed by atoms with Gasteiger partial charge in [0.1, 0.15) is 0 Å². The highest BCUT2D eigenvalue weighted by molar-refractivity contribution is 5.95. The van der Waals surface area contributed by atoms with Gasteiger partial charge in [-0.1, -0.05) is 0 Å². The summed E-state index contributed by atoms with van der Waals surface area (Å²) < 4.78 is 0. The molecule has 0 aromatic carbocycles. The van der Waals surface area contributed by atoms with Gasteiger partial charge < -0.3 is 11.1 Å². The summed E-state index contributed by atoms with van der Waals surface area (Å²) in [6.07, 6.45) is 1.02. The van der Waals surface area contributed by atoms with Crippen LogP contribution in [0.5, 0.6) is 0 Å². The van der Waals surface area contributed by atoms with E-state index in [2.05, 4.69) is 10.6 Å². The van der Waals surface area contributed by atoms with Crippen LogP contribution in [0, 0.1) is 5.92 Å². The van der Waals surface area contributed by atoms with Gasteiger partial charge in [0.15, 0.2) is 0 Å². The molecule has 3 amide bonds. The minimum absolute atomic E-state index is 0.159. The van der Waals surface area contributed by atoms with Gasteiger partial charge in [-0.25, -0.2) is 4.79 Å². The normalized spacial score (nSPS) is 22.8. The van der Waals surface area contributed by atoms with Gasteiger partial charge in [0.25, 0.3) is 0 Å². The zero-order chi connectivity index (χ0) is 12.1. The molecule has 2 unspecified atom stereocenters. The topological polar surface area (TPSA) is 87.5 Å². The van der Waals surface area contributed by atoms with Crippen LogP contribution in [0.25, 0.3) is 0 Å². The van der Waals surface area contributed by atoms with Crippen LogP contribution < -0.4 is 16.4 Å². The van der Waals surface area contributed by atoms with Crippen molar-refractivity contribution in [2.45, 2.75) is 19.4 Å². The highest BCUT2D eigenvalue weighted by atomic mass is 16.2. The molecule has 1 rings (SSSR count). The van der Waals surface area contributed by atoms with Crippen molar-refractivity contribution in [3.63, 3.8) is 0 Å². The Labute approximate surface area is 95.5 Å². The largest absolute Gasteiger partial charge is 0.341 e. The zero-order valence-corrected chi connectivity index (χ0v) is 9.82. The molecular formula is C10H20N4O2. The molecule has 92 valence electrons. The smallest absolute Gasteiger partial charge is 0.321 e. The van der Waals surface area contributed by atoms with Crippen LogP contribution in [-0.2, 0) is 4.79 Å². The Morgan fingerprint density at radius 2 is 2.25 bits per heavy atom. The van der Waals surface area contributed by atoms with Crippen molar-refractivity contribution < 1.29 is 9.59 Å². The van der Waals surface area contributed by atoms with Gasteiger partial charge in [0.05, 0.1) is 6.54 Å². The fourth-order valence-electron chi connectivity index (χ4n) is 1.87. The Hall–Kier alpha value is -1.14. The first-order valence-corrected chi connectivity index (χ1v) is 5.52. The van der Waals surface area contributed by atoms with Crippen LogP contribution in [0.2, 0.25) is 0 Å². The number of imide groups is 1. The molecule has 0 saturated carbocycles. The molecule has 0 aromatic heterocycles. The molecule has 0 aromatic rings. The first-order valence-electron chi connectivity index (χ1n) is 5.52. The van der Waals surface area contributed by atoms with Crippen LogP contribution in [0.15, 0.2) is 0 Å². The van der Waals surface area contributed by atoms with Crippen molar-refractivity contribution in [1.29, 1.82) is 0 Å². The third-order valence-corrected chi connectivity index (χ3v) is 2.90. The molecule has 0 radical (unpaired) electrons. The van der Waals surface area contributed by atoms with Crippen LogP contribution in [0.3, 0.4) is 0 Å². The quantitative estimate of drug-likeness (QED) is 0.585. The van der Waals surface area contributed by atoms with E-state index in [9.17, 15) is 9.59 Å². The molecule has 1 aliphatic rings. The fraction of sp³-hybridized carbons (Fsp3) is 0.800. The maximum atomic E-state index is 11.4. The second-order valence-electron chi connectivity index (χ2n) is 4.27. The number of nitrogens with zero attached hydrogens (tertiary/aromatic N) is 1. The standard InChI is InChI=1S/C10H20N4O2/c1-7(11)8-3-4-14(5-8)6-9(15)13-10(16)12-2/h7-8H,3-6,11H2,1-2H3,(H2,12,13,15,16). The number of nitrogens with two attached hydrogens (primary N) is 1. The Morgan fingerprint density at radius 1 is 1.56 bits per heavy atom. The monoisotopic (exact) mass is 228 g/mol. The average Bonchev–Trinajstić information content (AvgIpc) is 2.65. The van der Waals surface area contributed by atoms with Gasteiger partial charge in [0.2, 0.25) is 5.91 Å². The zero-order valence-electron chi connectivity index (χ0n) is 9.82. The molecule has 0 bridgehead atoms. The molecule has 16 heavy (non-hydrogen) atoms. The van der Waals surface area contributed by atoms with E-state index in [4.69, 9.17) is 5.73 Å². The van der Waals surface area contributed by atoms with Crippen LogP contribution >= 0.6 is 0 Å². The van der Waals surface area contributed by atoms with E-state index in [1.165, 1.54) is 7.05 Å². The second kappa shape index (κ2) is 5.81. The Kier molecular flexibility index (Phi) is 4.70. The number of carbonyl (C=O) groups excluding carboxylic acids is 2. The SMILES string of the molecule is CNC(=O)NC(=O)CN1CCC(C(C)N)C1. The summed E-state index contributed by atoms with van der Waals surface area (Å²) in [5, 5.41) is 4.58. The maximum Gasteiger partial charge on any atom is 0.321 e. The molecule has 4 N–H and O–H groups in total. The van der Waals surface area contributed by atoms with Crippen molar-refractivity contribution in [2.75, 3.05) is 26.7 Å². The van der Waals surface area contributed by atoms with Gasteiger partial charge in [-0.2, -0.15) is 0 Å². The summed E-state index contributed by atoms with van der Waals surface area (Å²) in [7, 11) is 1.48. The number of carbonyl (C=O) groups is 2. The number of amides is 3. The van der Waals surface area contributed by atoms with E-state index in [1.807, 2.05) is 11.8 Å². The van der Waals surface area contributed by atoms with Crippen molar-refractivity contribution in [2.24, 2.45) is 11.7 Å². The first-order chi connectivity index (χ1) is 7.52. The van der Waals surface area contributed by atoms with E-state index >= 15 is 0 Å². The lowest BCUT2D eigenvalue weighted by atomic mass is 10.0. The predicted molar refractivity (Wildman–Crippen MR) is 60.8 cm³/mol. The molecule has 6 nitrogen and oxygen atoms in total. The van der Waals surface area contributed by atoms with E-state index in [-0.39, 0.29) is 18.5 Å². The van der Waals surface area contributed by atoms with Gasteiger partial charge in [-0.05, 0) is 25.8 Å². The van der Waals surface area contributed by atoms with E-state index in [1.54, 1.807) is 0 Å². The van der Waals surface area contributed by atoms with Crippen molar-refractivity contribution in [3.05, 3.63) is 0 Å². The summed E-state index contributed by atoms with van der Waals surface area (Å²) >= 11 is 0. The van der Waals surface area contributed by atoms with Gasteiger partial charge in [0, 0.05) is 19.6 Å². The molecule has 0 spiro atoms. The Balaban J connectivity index is 2.28. The summed E-state index contributed by atoms with van der Waals surface area (Å²) in [5.41, 5.74) is 5.80. The highest BCUT2D eigenvalue weighted by Crippen LogP contribution is 2.17. The molecule has 6 heteroatoms. The number of urea groups is 1. The molecular weight excluding hydrogens is 208 g/mol. The Bertz CT molecular complexity index is 268. The van der Waals surface area contributed by atoms with Gasteiger partial charge in [-0.3, -0.25) is 15.0 Å². The third-order valence-electron chi connectivity index (χ3n) is 2.90. The van der Waals surface area contributed by atoms with Gasteiger partial charge >= 0.3 is 6.03 Å². The van der Waals surface area contributed by atoms with E-state index in [0.29, 0.717) is 5.92 Å². The van der Waals surface area contributed by atoms with E-state index in [0.717, 1.165) is 19.5 Å². The molecule has 1 aliphatic heterocycles. The average molecular weight is 228 g/mol. The number of likely N-dealkylation sites (tertiary alicyclic amines) is 1. The maximum absolute atomic E-state index is 11.4. The molecule has 1 fully saturated rings. The lowest BCUT2D eigenvalue weighted by Crippen LogP contribution is -2.43. The van der Waals surface area contributed by atoms with Crippen molar-refractivity contribution in [3.8, 4) is 0 Å². The number of rotatable bonds is 3. The number of hydrogen-bond acceptors (Lipinski definition) is 4. The summed E-state index contributed by atoms with van der Waals surface area (Å²) in [4.78, 5) is 24.3. The van der Waals surface area contributed by atoms with Crippen molar-refractivity contribution >= 4 is 11.9 Å². The van der Waals surface area contributed by atoms with Crippen LogP contribution in [-0.4, -0.2) is 49.6 Å². The fourth-order valence-corrected chi connectivity index (χ4v) is 1.87. The lowest BCUT2D eigenvalue weighted by molar-refractivity contribution is -0.120. The number of hydrogen-bond donors (Lipinski definition) is 3. The molecule has 1 heterocycles. The van der Waals surface area contributed by atoms with Crippen molar-refractivity contribution in [1.82, 2.24) is 15.5 Å². The Morgan fingerprint density at radius 3 is 2.75 bits per heavy atom. The third kappa shape index (κ3) is 3.79. The molecule has 0 aliphatic carbocycles. The predicted octanol–water partition coefficient (Wildman–Crippen LogP) is -0.889. The highest BCUT2D eigenvalue weighted by Gasteiger charge is 2.26. The summed E-state index contributed by atoms with van der Waals surface area (Å²) in [6.45, 7) is 3.95.